The van der Waals surface area contributed by atoms with E-state index >= 15 is 0 Å². The molecule has 9 heteroatoms. The lowest BCUT2D eigenvalue weighted by Gasteiger charge is -2.52. The molecule has 33 heavy (non-hydrogen) atoms. The number of nitrogens with one attached hydrogen (secondary N) is 2. The van der Waals surface area contributed by atoms with Crippen molar-refractivity contribution in [1.29, 1.82) is 0 Å². The molecule has 6 nitrogen and oxygen atoms in total. The van der Waals surface area contributed by atoms with Crippen LogP contribution in [0, 0.1) is 24.5 Å². The number of hydrogen-bond donors (Lipinski definition) is 2. The monoisotopic (exact) mass is 473 g/mol. The number of hydrogen-bond acceptors (Lipinski definition) is 5. The van der Waals surface area contributed by atoms with Gasteiger partial charge in [-0.05, 0) is 63.4 Å². The van der Waals surface area contributed by atoms with E-state index in [0.29, 0.717) is 48.4 Å². The number of nitrogens with zero attached hydrogens (tertiary/aromatic N) is 3. The zero-order chi connectivity index (χ0) is 23.0. The van der Waals surface area contributed by atoms with Gasteiger partial charge in [-0.1, -0.05) is 23.7 Å². The van der Waals surface area contributed by atoms with Crippen LogP contribution in [-0.4, -0.2) is 46.4 Å². The number of pyridine rings is 1. The lowest BCUT2D eigenvalue weighted by atomic mass is 9.82. The Hall–Kier alpha value is -2.55. The van der Waals surface area contributed by atoms with E-state index in [1.54, 1.807) is 24.3 Å². The molecule has 0 atom stereocenters. The molecule has 1 aromatic carbocycles. The smallest absolute Gasteiger partial charge is 0.153 e. The van der Waals surface area contributed by atoms with Crippen LogP contribution in [0.25, 0.3) is 0 Å². The Morgan fingerprint density at radius 1 is 1.18 bits per heavy atom. The summed E-state index contributed by atoms with van der Waals surface area (Å²) >= 11 is 6.05. The van der Waals surface area contributed by atoms with Crippen LogP contribution in [-0.2, 0) is 16.7 Å². The van der Waals surface area contributed by atoms with Gasteiger partial charge in [0.2, 0.25) is 0 Å². The van der Waals surface area contributed by atoms with Crippen LogP contribution in [0.3, 0.4) is 0 Å². The highest BCUT2D eigenvalue weighted by molar-refractivity contribution is 6.30. The Labute approximate surface area is 196 Å². The summed E-state index contributed by atoms with van der Waals surface area (Å²) in [5, 5.41) is 10.2. The van der Waals surface area contributed by atoms with Gasteiger partial charge in [-0.15, -0.1) is 0 Å². The number of ether oxygens (including phenoxy) is 1. The molecule has 174 valence electrons. The number of aryl methyl sites for hydroxylation is 1. The first-order chi connectivity index (χ1) is 15.9. The first-order valence-corrected chi connectivity index (χ1v) is 11.5. The van der Waals surface area contributed by atoms with Gasteiger partial charge < -0.3 is 10.1 Å². The zero-order valence-electron chi connectivity index (χ0n) is 18.4. The maximum atomic E-state index is 14.8. The fourth-order valence-electron chi connectivity index (χ4n) is 4.82. The lowest BCUT2D eigenvalue weighted by molar-refractivity contribution is -0.155. The molecule has 4 heterocycles. The minimum Gasteiger partial charge on any atom is -0.377 e. The van der Waals surface area contributed by atoms with Gasteiger partial charge in [0.05, 0.1) is 29.5 Å². The number of H-pyrrole nitrogens is 1. The van der Waals surface area contributed by atoms with Crippen molar-refractivity contribution in [3.05, 3.63) is 70.0 Å². The lowest BCUT2D eigenvalue weighted by Crippen LogP contribution is -2.61. The normalized spacial score (nSPS) is 18.8. The third-order valence-corrected chi connectivity index (χ3v) is 7.01. The molecule has 0 saturated carbocycles. The highest BCUT2D eigenvalue weighted by Crippen LogP contribution is 2.41. The number of piperidine rings is 1. The van der Waals surface area contributed by atoms with E-state index in [9.17, 15) is 8.78 Å². The molecule has 2 N–H and O–H groups in total. The number of halogens is 3. The van der Waals surface area contributed by atoms with Crippen LogP contribution in [0.4, 0.5) is 20.4 Å². The molecular weight excluding hydrogens is 448 g/mol. The van der Waals surface area contributed by atoms with Crippen molar-refractivity contribution in [2.45, 2.75) is 31.7 Å². The molecule has 0 spiro atoms. The predicted molar refractivity (Wildman–Crippen MR) is 123 cm³/mol. The van der Waals surface area contributed by atoms with E-state index in [1.165, 1.54) is 6.07 Å². The van der Waals surface area contributed by atoms with Crippen molar-refractivity contribution < 1.29 is 13.5 Å². The number of anilines is 2. The van der Waals surface area contributed by atoms with Crippen LogP contribution in [0.2, 0.25) is 5.02 Å². The van der Waals surface area contributed by atoms with E-state index < -0.39 is 5.54 Å². The fraction of sp³-hybridized carbons (Fsp3) is 0.417. The van der Waals surface area contributed by atoms with Crippen molar-refractivity contribution in [3.63, 3.8) is 0 Å². The maximum Gasteiger partial charge on any atom is 0.153 e. The second kappa shape index (κ2) is 9.00. The van der Waals surface area contributed by atoms with Gasteiger partial charge in [-0.25, -0.2) is 13.8 Å². The summed E-state index contributed by atoms with van der Waals surface area (Å²) in [7, 11) is 0. The fourth-order valence-corrected chi connectivity index (χ4v) is 4.99. The molecule has 0 aliphatic carbocycles. The SMILES string of the molecule is Cc1cc(Nc2ccc(F)c(CC3CCN(C4(c5cccc(Cl)c5F)COC4)CC3)n2)n[nH]1. The standard InChI is InChI=1S/C24H26ClF2N5O/c1-15-11-22(31-30-15)29-21-6-5-19(26)20(28-21)12-16-7-9-32(10-8-16)24(13-33-14-24)17-3-2-4-18(25)23(17)27/h2-6,11,16H,7-10,12-14H2,1H3,(H2,28,29,30,31). The summed E-state index contributed by atoms with van der Waals surface area (Å²) in [5.74, 6) is 0.844. The van der Waals surface area contributed by atoms with E-state index in [4.69, 9.17) is 16.3 Å². The van der Waals surface area contributed by atoms with Crippen molar-refractivity contribution >= 4 is 23.2 Å². The van der Waals surface area contributed by atoms with Crippen LogP contribution in [0.1, 0.15) is 29.8 Å². The van der Waals surface area contributed by atoms with Gasteiger partial charge in [0.1, 0.15) is 17.5 Å². The van der Waals surface area contributed by atoms with Crippen molar-refractivity contribution in [2.24, 2.45) is 5.92 Å². The quantitative estimate of drug-likeness (QED) is 0.529. The minimum absolute atomic E-state index is 0.133. The molecule has 2 fully saturated rings. The minimum atomic E-state index is -0.477. The van der Waals surface area contributed by atoms with Crippen LogP contribution < -0.4 is 5.32 Å². The molecule has 0 amide bonds. The van der Waals surface area contributed by atoms with E-state index in [2.05, 4.69) is 25.4 Å². The summed E-state index contributed by atoms with van der Waals surface area (Å²) in [5.41, 5.74) is 1.50. The maximum absolute atomic E-state index is 14.8. The summed E-state index contributed by atoms with van der Waals surface area (Å²) in [6, 6.07) is 10.1. The first kappa shape index (κ1) is 22.3. The Balaban J connectivity index is 1.25. The van der Waals surface area contributed by atoms with Crippen LogP contribution >= 0.6 is 11.6 Å². The van der Waals surface area contributed by atoms with Crippen LogP contribution in [0.5, 0.6) is 0 Å². The van der Waals surface area contributed by atoms with E-state index in [-0.39, 0.29) is 16.7 Å². The molecule has 5 rings (SSSR count). The largest absolute Gasteiger partial charge is 0.377 e. The number of aromatic amines is 1. The molecule has 2 saturated heterocycles. The number of likely N-dealkylation sites (tertiary alicyclic amines) is 1. The summed E-state index contributed by atoms with van der Waals surface area (Å²) in [4.78, 5) is 6.79. The Kier molecular flexibility index (Phi) is 6.07. The van der Waals surface area contributed by atoms with Gasteiger partial charge in [-0.2, -0.15) is 5.10 Å². The van der Waals surface area contributed by atoms with Crippen LogP contribution in [0.15, 0.2) is 36.4 Å². The number of rotatable bonds is 6. The summed E-state index contributed by atoms with van der Waals surface area (Å²) in [6.07, 6.45) is 2.31. The predicted octanol–water partition coefficient (Wildman–Crippen LogP) is 4.97. The van der Waals surface area contributed by atoms with Crippen molar-refractivity contribution in [2.75, 3.05) is 31.6 Å². The van der Waals surface area contributed by atoms with Crippen molar-refractivity contribution in [1.82, 2.24) is 20.1 Å². The number of benzene rings is 1. The molecule has 0 radical (unpaired) electrons. The first-order valence-electron chi connectivity index (χ1n) is 11.2. The third kappa shape index (κ3) is 4.35. The second-order valence-corrected chi connectivity index (χ2v) is 9.35. The topological polar surface area (TPSA) is 66.1 Å². The molecule has 2 aliphatic heterocycles. The molecule has 2 aliphatic rings. The Bertz CT molecular complexity index is 1140. The average molecular weight is 474 g/mol. The van der Waals surface area contributed by atoms with E-state index in [1.807, 2.05) is 13.0 Å². The van der Waals surface area contributed by atoms with Gasteiger partial charge >= 0.3 is 0 Å². The summed E-state index contributed by atoms with van der Waals surface area (Å²) < 4.78 is 34.8. The van der Waals surface area contributed by atoms with Gasteiger partial charge in [0.25, 0.3) is 0 Å². The highest BCUT2D eigenvalue weighted by atomic mass is 35.5. The van der Waals surface area contributed by atoms with Gasteiger partial charge in [0, 0.05) is 17.3 Å². The molecule has 3 aromatic rings. The Morgan fingerprint density at radius 3 is 2.64 bits per heavy atom. The van der Waals surface area contributed by atoms with Crippen molar-refractivity contribution in [3.8, 4) is 0 Å². The zero-order valence-corrected chi connectivity index (χ0v) is 19.1. The Morgan fingerprint density at radius 2 is 1.97 bits per heavy atom. The van der Waals surface area contributed by atoms with Gasteiger partial charge in [0.15, 0.2) is 5.82 Å². The molecular formula is C24H26ClF2N5O. The molecule has 0 bridgehead atoms. The van der Waals surface area contributed by atoms with Gasteiger partial charge in [-0.3, -0.25) is 10.00 Å². The molecule has 0 unspecified atom stereocenters. The summed E-state index contributed by atoms with van der Waals surface area (Å²) in [6.45, 7) is 4.38. The average Bonchev–Trinajstić information content (AvgIpc) is 3.18. The second-order valence-electron chi connectivity index (χ2n) is 8.95. The highest BCUT2D eigenvalue weighted by Gasteiger charge is 2.48. The molecule has 2 aromatic heterocycles. The third-order valence-electron chi connectivity index (χ3n) is 6.72. The number of aromatic nitrogens is 3. The van der Waals surface area contributed by atoms with E-state index in [0.717, 1.165) is 31.6 Å².